The molecule has 0 aromatic carbocycles. The number of rotatable bonds is 5. The Kier molecular flexibility index (Phi) is 3.53. The van der Waals surface area contributed by atoms with Gasteiger partial charge in [-0.05, 0) is 33.2 Å². The Bertz CT molecular complexity index is 548. The number of sulfonamides is 1. The highest BCUT2D eigenvalue weighted by atomic mass is 32.2. The molecule has 1 saturated carbocycles. The maximum Gasteiger partial charge on any atom is 0.244 e. The number of furan rings is 1. The van der Waals surface area contributed by atoms with Crippen LogP contribution in [0.1, 0.15) is 30.4 Å². The molecule has 2 N–H and O–H groups in total. The SMILES string of the molecule is CNCc1c(C)oc(C)c1S(=O)(=O)NC1CC1C. The number of hydrogen-bond acceptors (Lipinski definition) is 4. The third kappa shape index (κ3) is 2.46. The standard InChI is InChI=1S/C12H20N2O3S/c1-7-5-11(7)14-18(15,16)12-9(3)17-8(2)10(12)6-13-4/h7,11,13-14H,5-6H2,1-4H3. The average molecular weight is 272 g/mol. The zero-order valence-electron chi connectivity index (χ0n) is 11.2. The second kappa shape index (κ2) is 4.68. The lowest BCUT2D eigenvalue weighted by Crippen LogP contribution is -2.28. The fraction of sp³-hybridized carbons (Fsp3) is 0.667. The van der Waals surface area contributed by atoms with E-state index in [4.69, 9.17) is 4.42 Å². The lowest BCUT2D eigenvalue weighted by Gasteiger charge is -2.07. The van der Waals surface area contributed by atoms with Crippen molar-refractivity contribution < 1.29 is 12.8 Å². The quantitative estimate of drug-likeness (QED) is 0.847. The Hall–Kier alpha value is -0.850. The Morgan fingerprint density at radius 2 is 1.94 bits per heavy atom. The van der Waals surface area contributed by atoms with Crippen molar-refractivity contribution in [2.45, 2.75) is 44.7 Å². The molecule has 0 saturated heterocycles. The van der Waals surface area contributed by atoms with E-state index in [2.05, 4.69) is 10.0 Å². The monoisotopic (exact) mass is 272 g/mol. The van der Waals surface area contributed by atoms with E-state index in [-0.39, 0.29) is 6.04 Å². The largest absolute Gasteiger partial charge is 0.465 e. The first-order valence-corrected chi connectivity index (χ1v) is 7.61. The molecule has 0 aliphatic heterocycles. The summed E-state index contributed by atoms with van der Waals surface area (Å²) in [5.41, 5.74) is 0.718. The molecule has 2 rings (SSSR count). The Labute approximate surface area is 108 Å². The van der Waals surface area contributed by atoms with Gasteiger partial charge in [0.1, 0.15) is 16.4 Å². The van der Waals surface area contributed by atoms with Crippen molar-refractivity contribution in [2.24, 2.45) is 5.92 Å². The van der Waals surface area contributed by atoms with Crippen molar-refractivity contribution in [1.82, 2.24) is 10.0 Å². The molecule has 0 radical (unpaired) electrons. The minimum Gasteiger partial charge on any atom is -0.465 e. The van der Waals surface area contributed by atoms with Gasteiger partial charge in [0, 0.05) is 18.2 Å². The normalized spacial score (nSPS) is 23.3. The van der Waals surface area contributed by atoms with Gasteiger partial charge in [-0.15, -0.1) is 0 Å². The Balaban J connectivity index is 2.36. The van der Waals surface area contributed by atoms with E-state index in [1.165, 1.54) is 0 Å². The number of nitrogens with one attached hydrogen (secondary N) is 2. The summed E-state index contributed by atoms with van der Waals surface area (Å²) in [4.78, 5) is 0.299. The maximum absolute atomic E-state index is 12.4. The van der Waals surface area contributed by atoms with Gasteiger partial charge in [0.05, 0.1) is 0 Å². The summed E-state index contributed by atoms with van der Waals surface area (Å²) in [5, 5.41) is 2.98. The minimum absolute atomic E-state index is 0.0760. The van der Waals surface area contributed by atoms with Crippen LogP contribution in [0, 0.1) is 19.8 Å². The molecule has 2 unspecified atom stereocenters. The van der Waals surface area contributed by atoms with Gasteiger partial charge in [-0.1, -0.05) is 6.92 Å². The van der Waals surface area contributed by atoms with E-state index in [9.17, 15) is 8.42 Å². The van der Waals surface area contributed by atoms with Gasteiger partial charge < -0.3 is 9.73 Å². The van der Waals surface area contributed by atoms with Crippen LogP contribution in [-0.4, -0.2) is 21.5 Å². The fourth-order valence-electron chi connectivity index (χ4n) is 2.19. The predicted molar refractivity (Wildman–Crippen MR) is 68.8 cm³/mol. The van der Waals surface area contributed by atoms with Gasteiger partial charge in [-0.2, -0.15) is 0 Å². The predicted octanol–water partition coefficient (Wildman–Crippen LogP) is 1.30. The van der Waals surface area contributed by atoms with Crippen molar-refractivity contribution in [3.8, 4) is 0 Å². The molecule has 1 aliphatic rings. The van der Waals surface area contributed by atoms with Gasteiger partial charge in [0.25, 0.3) is 0 Å². The average Bonchev–Trinajstić information content (AvgIpc) is 2.82. The van der Waals surface area contributed by atoms with E-state index in [0.717, 1.165) is 12.0 Å². The summed E-state index contributed by atoms with van der Waals surface area (Å²) < 4.78 is 32.9. The third-order valence-corrected chi connectivity index (χ3v) is 5.05. The van der Waals surface area contributed by atoms with Crippen LogP contribution in [0.5, 0.6) is 0 Å². The van der Waals surface area contributed by atoms with Crippen LogP contribution in [0.15, 0.2) is 9.31 Å². The van der Waals surface area contributed by atoms with Gasteiger partial charge >= 0.3 is 0 Å². The first kappa shape index (κ1) is 13.6. The van der Waals surface area contributed by atoms with Crippen LogP contribution >= 0.6 is 0 Å². The zero-order chi connectivity index (χ0) is 13.5. The van der Waals surface area contributed by atoms with Gasteiger partial charge in [0.15, 0.2) is 0 Å². The van der Waals surface area contributed by atoms with Crippen LogP contribution in [0.4, 0.5) is 0 Å². The second-order valence-corrected chi connectivity index (χ2v) is 6.64. The molecular formula is C12H20N2O3S. The maximum atomic E-state index is 12.4. The molecule has 1 aromatic rings. The summed E-state index contributed by atoms with van der Waals surface area (Å²) >= 11 is 0. The highest BCUT2D eigenvalue weighted by Gasteiger charge is 2.38. The molecule has 0 bridgehead atoms. The molecule has 18 heavy (non-hydrogen) atoms. The lowest BCUT2D eigenvalue weighted by atomic mass is 10.2. The molecule has 0 amide bonds. The summed E-state index contributed by atoms with van der Waals surface area (Å²) in [6.07, 6.45) is 0.913. The van der Waals surface area contributed by atoms with Gasteiger partial charge in [0.2, 0.25) is 10.0 Å². The minimum atomic E-state index is -3.48. The summed E-state index contributed by atoms with van der Waals surface area (Å²) in [6.45, 7) is 6.00. The van der Waals surface area contributed by atoms with Crippen LogP contribution in [0.25, 0.3) is 0 Å². The first-order valence-electron chi connectivity index (χ1n) is 6.12. The molecule has 1 heterocycles. The van der Waals surface area contributed by atoms with Crippen molar-refractivity contribution in [2.75, 3.05) is 7.05 Å². The van der Waals surface area contributed by atoms with Crippen molar-refractivity contribution in [1.29, 1.82) is 0 Å². The van der Waals surface area contributed by atoms with E-state index < -0.39 is 10.0 Å². The van der Waals surface area contributed by atoms with Crippen LogP contribution in [0.3, 0.4) is 0 Å². The topological polar surface area (TPSA) is 71.3 Å². The summed E-state index contributed by atoms with van der Waals surface area (Å²) in [7, 11) is -1.69. The molecule has 0 spiro atoms. The van der Waals surface area contributed by atoms with Crippen LogP contribution < -0.4 is 10.0 Å². The van der Waals surface area contributed by atoms with Crippen LogP contribution in [-0.2, 0) is 16.6 Å². The Morgan fingerprint density at radius 1 is 1.33 bits per heavy atom. The molecular weight excluding hydrogens is 252 g/mol. The van der Waals surface area contributed by atoms with E-state index in [0.29, 0.717) is 28.9 Å². The molecule has 102 valence electrons. The van der Waals surface area contributed by atoms with Gasteiger partial charge in [-0.3, -0.25) is 0 Å². The molecule has 2 atom stereocenters. The zero-order valence-corrected chi connectivity index (χ0v) is 12.0. The molecule has 6 heteroatoms. The fourth-order valence-corrected chi connectivity index (χ4v) is 3.99. The van der Waals surface area contributed by atoms with Crippen LogP contribution in [0.2, 0.25) is 0 Å². The highest BCUT2D eigenvalue weighted by molar-refractivity contribution is 7.89. The van der Waals surface area contributed by atoms with E-state index >= 15 is 0 Å². The van der Waals surface area contributed by atoms with Gasteiger partial charge in [-0.25, -0.2) is 13.1 Å². The molecule has 1 aromatic heterocycles. The number of aryl methyl sites for hydroxylation is 2. The summed E-state index contributed by atoms with van der Waals surface area (Å²) in [5.74, 6) is 1.55. The van der Waals surface area contributed by atoms with E-state index in [1.54, 1.807) is 20.9 Å². The van der Waals surface area contributed by atoms with Crippen molar-refractivity contribution in [3.05, 3.63) is 17.1 Å². The first-order chi connectivity index (χ1) is 8.36. The molecule has 1 aliphatic carbocycles. The molecule has 1 fully saturated rings. The van der Waals surface area contributed by atoms with Crippen molar-refractivity contribution >= 4 is 10.0 Å². The highest BCUT2D eigenvalue weighted by Crippen LogP contribution is 2.33. The Morgan fingerprint density at radius 3 is 2.44 bits per heavy atom. The molecule has 5 nitrogen and oxygen atoms in total. The third-order valence-electron chi connectivity index (χ3n) is 3.36. The van der Waals surface area contributed by atoms with Crippen molar-refractivity contribution in [3.63, 3.8) is 0 Å². The second-order valence-electron chi connectivity index (χ2n) is 4.99. The summed E-state index contributed by atoms with van der Waals surface area (Å²) in [6, 6.07) is 0.0760. The smallest absolute Gasteiger partial charge is 0.244 e. The number of hydrogen-bond donors (Lipinski definition) is 2. The van der Waals surface area contributed by atoms with E-state index in [1.807, 2.05) is 6.92 Å². The lowest BCUT2D eigenvalue weighted by molar-refractivity contribution is 0.493.